The fourth-order valence-electron chi connectivity index (χ4n) is 5.90. The van der Waals surface area contributed by atoms with Crippen molar-refractivity contribution in [2.24, 2.45) is 5.92 Å². The highest BCUT2D eigenvalue weighted by molar-refractivity contribution is 5.69. The number of aromatic nitrogens is 2. The molecular weight excluding hydrogens is 494 g/mol. The van der Waals surface area contributed by atoms with Crippen molar-refractivity contribution in [3.8, 4) is 5.69 Å². The summed E-state index contributed by atoms with van der Waals surface area (Å²) in [7, 11) is 2.07. The van der Waals surface area contributed by atoms with Crippen molar-refractivity contribution >= 4 is 11.6 Å². The molecule has 202 valence electrons. The predicted octanol–water partition coefficient (Wildman–Crippen LogP) is 3.36. The average Bonchev–Trinajstić information content (AvgIpc) is 3.55. The second-order valence-electron chi connectivity index (χ2n) is 10.7. The molecule has 0 radical (unpaired) electrons. The monoisotopic (exact) mass is 526 g/mol. The quantitative estimate of drug-likeness (QED) is 0.492. The second kappa shape index (κ2) is 9.48. The maximum Gasteiger partial charge on any atom is 0.410 e. The van der Waals surface area contributed by atoms with E-state index in [0.717, 1.165) is 32.0 Å². The van der Waals surface area contributed by atoms with Gasteiger partial charge in [0.1, 0.15) is 6.61 Å². The Hall–Kier alpha value is -3.28. The van der Waals surface area contributed by atoms with Crippen LogP contribution in [0.1, 0.15) is 48.8 Å². The molecule has 9 nitrogen and oxygen atoms in total. The van der Waals surface area contributed by atoms with Gasteiger partial charge in [-0.15, -0.1) is 0 Å². The first kappa shape index (κ1) is 25.0. The van der Waals surface area contributed by atoms with Gasteiger partial charge in [-0.3, -0.25) is 13.9 Å². The van der Waals surface area contributed by atoms with Crippen LogP contribution in [0, 0.1) is 5.92 Å². The molecular formula is C27H32F2N6O3. The largest absolute Gasteiger partial charge is 0.448 e. The molecule has 2 aromatic heterocycles. The number of hydrogen-bond donors (Lipinski definition) is 2. The van der Waals surface area contributed by atoms with Gasteiger partial charge >= 0.3 is 11.8 Å². The number of hydrogen-bond acceptors (Lipinski definition) is 6. The van der Waals surface area contributed by atoms with E-state index in [9.17, 15) is 18.4 Å². The van der Waals surface area contributed by atoms with Crippen molar-refractivity contribution in [3.05, 3.63) is 69.9 Å². The Bertz CT molecular complexity index is 1430. The zero-order valence-corrected chi connectivity index (χ0v) is 21.5. The van der Waals surface area contributed by atoms with E-state index in [2.05, 4.69) is 28.9 Å². The molecule has 11 heteroatoms. The molecule has 3 aliphatic rings. The molecule has 38 heavy (non-hydrogen) atoms. The Labute approximate surface area is 218 Å². The van der Waals surface area contributed by atoms with Crippen LogP contribution in [0.2, 0.25) is 0 Å². The second-order valence-corrected chi connectivity index (χ2v) is 10.7. The highest BCUT2D eigenvalue weighted by Crippen LogP contribution is 2.42. The van der Waals surface area contributed by atoms with Crippen molar-refractivity contribution in [3.63, 3.8) is 0 Å². The Morgan fingerprint density at radius 2 is 2.00 bits per heavy atom. The molecule has 4 heterocycles. The van der Waals surface area contributed by atoms with Gasteiger partial charge in [0.2, 0.25) is 0 Å². The smallest absolute Gasteiger partial charge is 0.410 e. The van der Waals surface area contributed by atoms with E-state index < -0.39 is 17.7 Å². The molecule has 1 saturated carbocycles. The summed E-state index contributed by atoms with van der Waals surface area (Å²) in [5.74, 6) is -2.44. The molecule has 2 N–H and O–H groups in total. The highest BCUT2D eigenvalue weighted by Gasteiger charge is 2.38. The number of pyridine rings is 1. The van der Waals surface area contributed by atoms with E-state index in [1.54, 1.807) is 6.20 Å². The van der Waals surface area contributed by atoms with Crippen LogP contribution in [0.4, 0.5) is 13.6 Å². The van der Waals surface area contributed by atoms with Crippen LogP contribution in [-0.4, -0.2) is 57.9 Å². The van der Waals surface area contributed by atoms with Gasteiger partial charge in [-0.1, -0.05) is 18.6 Å². The number of likely N-dealkylation sites (N-methyl/N-ethyl adjacent to an activating group) is 1. The number of fused-ring (bicyclic) bond motifs is 1. The maximum absolute atomic E-state index is 14.8. The Kier molecular flexibility index (Phi) is 6.24. The highest BCUT2D eigenvalue weighted by atomic mass is 19.3. The van der Waals surface area contributed by atoms with E-state index in [1.807, 2.05) is 18.2 Å². The number of benzene rings is 1. The molecule has 0 spiro atoms. The van der Waals surface area contributed by atoms with E-state index in [1.165, 1.54) is 32.6 Å². The number of amides is 1. The molecule has 1 aromatic carbocycles. The van der Waals surface area contributed by atoms with Crippen LogP contribution in [0.15, 0.2) is 47.5 Å². The molecule has 2 atom stereocenters. The first-order valence-corrected chi connectivity index (χ1v) is 13.1. The number of carbonyl (C=O) groups is 1. The fourth-order valence-corrected chi connectivity index (χ4v) is 5.90. The van der Waals surface area contributed by atoms with Crippen molar-refractivity contribution in [1.82, 2.24) is 29.6 Å². The van der Waals surface area contributed by atoms with Crippen LogP contribution in [0.5, 0.6) is 0 Å². The summed E-state index contributed by atoms with van der Waals surface area (Å²) in [4.78, 5) is 29.2. The van der Waals surface area contributed by atoms with E-state index in [4.69, 9.17) is 4.74 Å². The lowest BCUT2D eigenvalue weighted by Gasteiger charge is -2.39. The minimum absolute atomic E-state index is 0.0873. The number of alkyl halides is 2. The number of rotatable bonds is 7. The summed E-state index contributed by atoms with van der Waals surface area (Å²) in [5.41, 5.74) is 8.22. The average molecular weight is 527 g/mol. The number of halogens is 2. The lowest BCUT2D eigenvalue weighted by Crippen LogP contribution is -2.44. The summed E-state index contributed by atoms with van der Waals surface area (Å²) in [5, 5.41) is 0. The summed E-state index contributed by atoms with van der Waals surface area (Å²) >= 11 is 0. The third kappa shape index (κ3) is 4.38. The van der Waals surface area contributed by atoms with Gasteiger partial charge in [-0.05, 0) is 55.1 Å². The number of cyclic esters (lactones) is 1. The van der Waals surface area contributed by atoms with Crippen molar-refractivity contribution in [2.45, 2.75) is 50.7 Å². The number of nitrogens with one attached hydrogen (secondary N) is 2. The van der Waals surface area contributed by atoms with Crippen LogP contribution in [0.3, 0.4) is 0 Å². The van der Waals surface area contributed by atoms with Gasteiger partial charge < -0.3 is 9.64 Å². The van der Waals surface area contributed by atoms with Crippen molar-refractivity contribution in [1.29, 1.82) is 0 Å². The molecule has 1 aliphatic carbocycles. The summed E-state index contributed by atoms with van der Waals surface area (Å²) in [6, 6.07) is 9.22. The van der Waals surface area contributed by atoms with Crippen LogP contribution in [0.25, 0.3) is 11.2 Å². The Morgan fingerprint density at radius 1 is 1.18 bits per heavy atom. The van der Waals surface area contributed by atoms with Crippen LogP contribution >= 0.6 is 0 Å². The number of ether oxygens (including phenoxy) is 1. The van der Waals surface area contributed by atoms with E-state index >= 15 is 0 Å². The zero-order valence-electron chi connectivity index (χ0n) is 21.5. The first-order chi connectivity index (χ1) is 18.2. The number of nitrogens with zero attached hydrogens (tertiary/aromatic N) is 4. The minimum Gasteiger partial charge on any atom is -0.448 e. The molecule has 2 saturated heterocycles. The number of imidazole rings is 1. The number of hydrazine groups is 1. The normalized spacial score (nSPS) is 21.7. The topological polar surface area (TPSA) is 83.2 Å². The van der Waals surface area contributed by atoms with Gasteiger partial charge in [0.25, 0.3) is 5.92 Å². The van der Waals surface area contributed by atoms with Gasteiger partial charge in [0.05, 0.1) is 37.1 Å². The maximum atomic E-state index is 14.8. The van der Waals surface area contributed by atoms with Crippen LogP contribution < -0.4 is 16.5 Å². The summed E-state index contributed by atoms with van der Waals surface area (Å²) in [6.07, 6.45) is 6.17. The standard InChI is InChI=1S/C27H32F2N6O3/c1-27(28,29)21-11-17(13-33-9-10-38-26(33)37)14-35-22(21)15-34(25(35)36)20-8-4-7-19(12-20)23(18-5-3-6-18)24-31-30-16-32(24)2/h4,7-8,11-12,14-15,18,23-24,30-31H,3,5-6,9-10,13,16H2,1-2H3/t23-,24?/m1/s1. The van der Waals surface area contributed by atoms with Crippen molar-refractivity contribution in [2.75, 3.05) is 26.9 Å². The molecule has 1 unspecified atom stereocenters. The Morgan fingerprint density at radius 3 is 2.63 bits per heavy atom. The predicted molar refractivity (Wildman–Crippen MR) is 137 cm³/mol. The van der Waals surface area contributed by atoms with Gasteiger partial charge in [-0.25, -0.2) is 29.2 Å². The summed E-state index contributed by atoms with van der Waals surface area (Å²) < 4.78 is 37.2. The fraction of sp³-hybridized carbons (Fsp3) is 0.481. The van der Waals surface area contributed by atoms with Crippen molar-refractivity contribution < 1.29 is 18.3 Å². The zero-order chi connectivity index (χ0) is 26.6. The third-order valence-electron chi connectivity index (χ3n) is 8.10. The summed E-state index contributed by atoms with van der Waals surface area (Å²) in [6.45, 7) is 2.28. The van der Waals surface area contributed by atoms with Gasteiger partial charge in [0.15, 0.2) is 0 Å². The minimum atomic E-state index is -3.19. The SMILES string of the molecule is CN1CNNC1[C@@H](c1cccc(-n2cc3c(C(C)(F)F)cc(CN4CCOC4=O)cn3c2=O)c1)C1CCC1. The number of carbonyl (C=O) groups excluding carboxylic acids is 1. The molecule has 2 aliphatic heterocycles. The van der Waals surface area contributed by atoms with Gasteiger partial charge in [0, 0.05) is 30.8 Å². The van der Waals surface area contributed by atoms with Crippen LogP contribution in [-0.2, 0) is 17.2 Å². The molecule has 3 fully saturated rings. The molecule has 3 aromatic rings. The Balaban J connectivity index is 1.42. The third-order valence-corrected chi connectivity index (χ3v) is 8.10. The lowest BCUT2D eigenvalue weighted by molar-refractivity contribution is 0.0186. The van der Waals surface area contributed by atoms with E-state index in [0.29, 0.717) is 23.7 Å². The lowest BCUT2D eigenvalue weighted by atomic mass is 9.71. The van der Waals surface area contributed by atoms with E-state index in [-0.39, 0.29) is 36.3 Å². The molecule has 1 amide bonds. The van der Waals surface area contributed by atoms with Gasteiger partial charge in [-0.2, -0.15) is 0 Å². The molecule has 0 bridgehead atoms. The first-order valence-electron chi connectivity index (χ1n) is 13.1. The molecule has 6 rings (SSSR count).